The second-order valence-electron chi connectivity index (χ2n) is 18.1. The molecule has 1 atom stereocenters. The van der Waals surface area contributed by atoms with Gasteiger partial charge in [0.15, 0.2) is 6.10 Å². The summed E-state index contributed by atoms with van der Waals surface area (Å²) in [5.41, 5.74) is 0. The SMILES string of the molecule is CC/C=C\C/C=C\C/C=C\C/C=C\C/C=C\CCCCCC(=O)OCC(COC(=O)CCCCCCCCCCCC)OC(=O)CCCCCCCCCCC/C=C\C/C=C\CCCCC. The van der Waals surface area contributed by atoms with Gasteiger partial charge in [0.2, 0.25) is 0 Å². The van der Waals surface area contributed by atoms with Gasteiger partial charge in [-0.15, -0.1) is 0 Å². The van der Waals surface area contributed by atoms with Crippen molar-refractivity contribution < 1.29 is 28.6 Å². The molecule has 1 unspecified atom stereocenters. The van der Waals surface area contributed by atoms with E-state index in [1.165, 1.54) is 116 Å². The zero-order valence-corrected chi connectivity index (χ0v) is 43.2. The van der Waals surface area contributed by atoms with Gasteiger partial charge >= 0.3 is 17.9 Å². The number of allylic oxidation sites excluding steroid dienone is 14. The molecule has 378 valence electrons. The normalized spacial score (nSPS) is 12.7. The van der Waals surface area contributed by atoms with E-state index in [9.17, 15) is 14.4 Å². The minimum atomic E-state index is -0.791. The van der Waals surface area contributed by atoms with Crippen LogP contribution in [0.2, 0.25) is 0 Å². The third kappa shape index (κ3) is 51.6. The van der Waals surface area contributed by atoms with Crippen molar-refractivity contribution >= 4 is 17.9 Å². The van der Waals surface area contributed by atoms with Gasteiger partial charge in [-0.05, 0) is 96.3 Å². The molecule has 0 saturated heterocycles. The predicted molar refractivity (Wildman–Crippen MR) is 284 cm³/mol. The third-order valence-corrected chi connectivity index (χ3v) is 11.6. The second kappa shape index (κ2) is 54.2. The average molecular weight is 919 g/mol. The summed E-state index contributed by atoms with van der Waals surface area (Å²) >= 11 is 0. The first kappa shape index (κ1) is 62.6. The van der Waals surface area contributed by atoms with E-state index in [-0.39, 0.29) is 31.1 Å². The number of rotatable bonds is 49. The van der Waals surface area contributed by atoms with Crippen molar-refractivity contribution in [2.75, 3.05) is 13.2 Å². The van der Waals surface area contributed by atoms with E-state index < -0.39 is 6.10 Å². The van der Waals surface area contributed by atoms with E-state index in [1.807, 2.05) is 0 Å². The second-order valence-corrected chi connectivity index (χ2v) is 18.1. The van der Waals surface area contributed by atoms with Crippen LogP contribution in [0.3, 0.4) is 0 Å². The van der Waals surface area contributed by atoms with E-state index in [2.05, 4.69) is 106 Å². The molecule has 0 aliphatic rings. The van der Waals surface area contributed by atoms with Crippen molar-refractivity contribution in [3.05, 3.63) is 85.1 Å². The smallest absolute Gasteiger partial charge is 0.306 e. The molecule has 0 radical (unpaired) electrons. The van der Waals surface area contributed by atoms with Crippen molar-refractivity contribution in [1.29, 1.82) is 0 Å². The van der Waals surface area contributed by atoms with Crippen LogP contribution >= 0.6 is 0 Å². The highest BCUT2D eigenvalue weighted by molar-refractivity contribution is 5.71. The fourth-order valence-corrected chi connectivity index (χ4v) is 7.50. The molecule has 0 saturated carbocycles. The zero-order valence-electron chi connectivity index (χ0n) is 43.2. The van der Waals surface area contributed by atoms with Crippen molar-refractivity contribution in [1.82, 2.24) is 0 Å². The Morgan fingerprint density at radius 1 is 0.318 bits per heavy atom. The summed E-state index contributed by atoms with van der Waals surface area (Å²) in [6, 6.07) is 0. The Labute approximate surface area is 407 Å². The van der Waals surface area contributed by atoms with Gasteiger partial charge in [-0.3, -0.25) is 14.4 Å². The Bertz CT molecular complexity index is 1290. The summed E-state index contributed by atoms with van der Waals surface area (Å²) in [7, 11) is 0. The molecule has 0 fully saturated rings. The molecule has 0 aliphatic carbocycles. The summed E-state index contributed by atoms with van der Waals surface area (Å²) in [4.78, 5) is 38.0. The van der Waals surface area contributed by atoms with Crippen LogP contribution in [0.4, 0.5) is 0 Å². The molecule has 0 aromatic rings. The summed E-state index contributed by atoms with van der Waals surface area (Å²) in [6.45, 7) is 6.46. The molecule has 0 heterocycles. The Hall–Kier alpha value is -3.41. The molecule has 6 nitrogen and oxygen atoms in total. The van der Waals surface area contributed by atoms with Gasteiger partial charge in [-0.1, -0.05) is 228 Å². The van der Waals surface area contributed by atoms with Crippen LogP contribution in [0.25, 0.3) is 0 Å². The van der Waals surface area contributed by atoms with Gasteiger partial charge in [0.25, 0.3) is 0 Å². The van der Waals surface area contributed by atoms with Crippen LogP contribution in [0.5, 0.6) is 0 Å². The standard InChI is InChI=1S/C60H102O6/c1-4-7-10-13-16-19-22-24-26-28-30-32-34-36-38-41-44-47-50-53-59(62)65-56-57(55-64-58(61)52-49-46-43-40-21-18-15-12-9-6-3)66-60(63)54-51-48-45-42-39-37-35-33-31-29-27-25-23-20-17-14-11-8-5-2/h7,10,16-17,19-20,24-27,30,32,36,38,57H,4-6,8-9,11-15,18,21-23,28-29,31,33-35,37,39-56H2,1-3H3/b10-7-,19-16-,20-17-,26-24-,27-25-,32-30-,38-36-. The van der Waals surface area contributed by atoms with E-state index in [4.69, 9.17) is 14.2 Å². The topological polar surface area (TPSA) is 78.9 Å². The summed E-state index contributed by atoms with van der Waals surface area (Å²) in [6.07, 6.45) is 70.0. The maximum atomic E-state index is 12.8. The van der Waals surface area contributed by atoms with Crippen molar-refractivity contribution in [2.24, 2.45) is 0 Å². The highest BCUT2D eigenvalue weighted by Gasteiger charge is 2.19. The molecule has 0 spiro atoms. The fraction of sp³-hybridized carbons (Fsp3) is 0.717. The molecule has 0 aromatic heterocycles. The largest absolute Gasteiger partial charge is 0.462 e. The highest BCUT2D eigenvalue weighted by atomic mass is 16.6. The molecule has 6 heteroatoms. The minimum absolute atomic E-state index is 0.0876. The maximum Gasteiger partial charge on any atom is 0.306 e. The highest BCUT2D eigenvalue weighted by Crippen LogP contribution is 2.15. The monoisotopic (exact) mass is 919 g/mol. The van der Waals surface area contributed by atoms with Crippen LogP contribution in [0.1, 0.15) is 258 Å². The Morgan fingerprint density at radius 2 is 0.591 bits per heavy atom. The number of carbonyl (C=O) groups excluding carboxylic acids is 3. The van der Waals surface area contributed by atoms with Crippen molar-refractivity contribution in [3.63, 3.8) is 0 Å². The Kier molecular flexibility index (Phi) is 51.4. The third-order valence-electron chi connectivity index (χ3n) is 11.6. The van der Waals surface area contributed by atoms with Gasteiger partial charge in [-0.25, -0.2) is 0 Å². The number of hydrogen-bond donors (Lipinski definition) is 0. The summed E-state index contributed by atoms with van der Waals surface area (Å²) in [5.74, 6) is -0.924. The van der Waals surface area contributed by atoms with Crippen LogP contribution in [0.15, 0.2) is 85.1 Å². The van der Waals surface area contributed by atoms with Crippen LogP contribution < -0.4 is 0 Å². The summed E-state index contributed by atoms with van der Waals surface area (Å²) in [5, 5.41) is 0. The van der Waals surface area contributed by atoms with E-state index in [0.29, 0.717) is 19.3 Å². The van der Waals surface area contributed by atoms with Gasteiger partial charge in [0, 0.05) is 19.3 Å². The average Bonchev–Trinajstić information content (AvgIpc) is 3.31. The molecule has 0 bridgehead atoms. The Balaban J connectivity index is 4.39. The number of unbranched alkanes of at least 4 members (excludes halogenated alkanes) is 24. The summed E-state index contributed by atoms with van der Waals surface area (Å²) < 4.78 is 16.8. The lowest BCUT2D eigenvalue weighted by Crippen LogP contribution is -2.30. The lowest BCUT2D eigenvalue weighted by Gasteiger charge is -2.18. The quantitative estimate of drug-likeness (QED) is 0.0262. The lowest BCUT2D eigenvalue weighted by molar-refractivity contribution is -0.167. The van der Waals surface area contributed by atoms with Crippen LogP contribution in [0, 0.1) is 0 Å². The van der Waals surface area contributed by atoms with Gasteiger partial charge in [-0.2, -0.15) is 0 Å². The molecule has 0 amide bonds. The van der Waals surface area contributed by atoms with Gasteiger partial charge < -0.3 is 14.2 Å². The first-order valence-electron chi connectivity index (χ1n) is 27.6. The minimum Gasteiger partial charge on any atom is -0.462 e. The van der Waals surface area contributed by atoms with Crippen LogP contribution in [-0.2, 0) is 28.6 Å². The Morgan fingerprint density at radius 3 is 0.970 bits per heavy atom. The molecule has 0 N–H and O–H groups in total. The van der Waals surface area contributed by atoms with Crippen LogP contribution in [-0.4, -0.2) is 37.2 Å². The predicted octanol–water partition coefficient (Wildman–Crippen LogP) is 18.4. The van der Waals surface area contributed by atoms with E-state index in [1.54, 1.807) is 0 Å². The maximum absolute atomic E-state index is 12.8. The number of hydrogen-bond acceptors (Lipinski definition) is 6. The molecule has 0 aromatic carbocycles. The van der Waals surface area contributed by atoms with Gasteiger partial charge in [0.1, 0.15) is 13.2 Å². The lowest BCUT2D eigenvalue weighted by atomic mass is 10.1. The molecule has 0 aliphatic heterocycles. The molecular weight excluding hydrogens is 817 g/mol. The van der Waals surface area contributed by atoms with Crippen molar-refractivity contribution in [2.45, 2.75) is 264 Å². The van der Waals surface area contributed by atoms with Crippen molar-refractivity contribution in [3.8, 4) is 0 Å². The molecule has 0 rings (SSSR count). The van der Waals surface area contributed by atoms with E-state index >= 15 is 0 Å². The number of carbonyl (C=O) groups is 3. The van der Waals surface area contributed by atoms with Gasteiger partial charge in [0.05, 0.1) is 0 Å². The number of esters is 3. The zero-order chi connectivity index (χ0) is 47.9. The molecule has 66 heavy (non-hydrogen) atoms. The molecular formula is C60H102O6. The fourth-order valence-electron chi connectivity index (χ4n) is 7.50. The first-order chi connectivity index (χ1) is 32.5. The first-order valence-corrected chi connectivity index (χ1v) is 27.6. The van der Waals surface area contributed by atoms with E-state index in [0.717, 1.165) is 103 Å². The number of ether oxygens (including phenoxy) is 3.